The number of aryl methyl sites for hydroxylation is 1. The highest BCUT2D eigenvalue weighted by Crippen LogP contribution is 2.32. The number of halogens is 2. The van der Waals surface area contributed by atoms with Crippen LogP contribution in [0.4, 0.5) is 0 Å². The first kappa shape index (κ1) is 20.2. The smallest absolute Gasteiger partial charge is 0.342 e. The molecule has 0 spiro atoms. The molecular formula is C16H14I2N2O4S. The predicted octanol–water partition coefficient (Wildman–Crippen LogP) is 4.62. The Balaban J connectivity index is 2.30. The Kier molecular flexibility index (Phi) is 7.75. The summed E-state index contributed by atoms with van der Waals surface area (Å²) in [5.74, 6) is 0.172. The van der Waals surface area contributed by atoms with E-state index in [1.54, 1.807) is 12.2 Å². The second-order valence-corrected chi connectivity index (χ2v) is 7.96. The molecule has 0 bridgehead atoms. The molecule has 1 N–H and O–H groups in total. The Hall–Kier alpha value is -1.08. The molecule has 0 aliphatic heterocycles. The number of hydrogen-bond acceptors (Lipinski definition) is 6. The van der Waals surface area contributed by atoms with E-state index in [9.17, 15) is 9.90 Å². The Morgan fingerprint density at radius 1 is 1.40 bits per heavy atom. The zero-order valence-corrected chi connectivity index (χ0v) is 18.3. The Morgan fingerprint density at radius 3 is 2.60 bits per heavy atom. The first-order valence-electron chi connectivity index (χ1n) is 7.12. The molecule has 2 aromatic rings. The lowest BCUT2D eigenvalue weighted by atomic mass is 10.2. The van der Waals surface area contributed by atoms with Gasteiger partial charge in [-0.05, 0) is 80.7 Å². The number of nitrogens with zero attached hydrogens (tertiary/aromatic N) is 2. The van der Waals surface area contributed by atoms with E-state index in [0.29, 0.717) is 18.9 Å². The van der Waals surface area contributed by atoms with Crippen LogP contribution in [0.2, 0.25) is 0 Å². The number of carboxylic acid groups (broad SMARTS) is 1. The minimum Gasteiger partial charge on any atom is -0.487 e. The van der Waals surface area contributed by atoms with Crippen LogP contribution in [0.1, 0.15) is 18.4 Å². The fourth-order valence-corrected chi connectivity index (χ4v) is 4.56. The van der Waals surface area contributed by atoms with E-state index < -0.39 is 5.97 Å². The summed E-state index contributed by atoms with van der Waals surface area (Å²) in [6, 6.07) is 3.71. The van der Waals surface area contributed by atoms with Crippen LogP contribution in [0.3, 0.4) is 0 Å². The average molecular weight is 584 g/mol. The van der Waals surface area contributed by atoms with Gasteiger partial charge >= 0.3 is 5.97 Å². The first-order valence-corrected chi connectivity index (χ1v) is 10.1. The van der Waals surface area contributed by atoms with Gasteiger partial charge in [-0.1, -0.05) is 19.6 Å². The summed E-state index contributed by atoms with van der Waals surface area (Å²) in [6.07, 6.45) is 3.85. The number of carboxylic acids is 1. The van der Waals surface area contributed by atoms with E-state index in [1.807, 2.05) is 19.1 Å². The maximum absolute atomic E-state index is 11.5. The van der Waals surface area contributed by atoms with Crippen LogP contribution in [0.15, 0.2) is 39.3 Å². The molecule has 0 unspecified atom stereocenters. The van der Waals surface area contributed by atoms with Crippen LogP contribution in [-0.4, -0.2) is 27.9 Å². The molecule has 0 aliphatic rings. The van der Waals surface area contributed by atoms with E-state index in [1.165, 1.54) is 0 Å². The molecule has 0 saturated heterocycles. The molecule has 0 aliphatic carbocycles. The number of rotatable bonds is 8. The zero-order valence-electron chi connectivity index (χ0n) is 13.2. The van der Waals surface area contributed by atoms with Crippen molar-refractivity contribution in [2.75, 3.05) is 6.61 Å². The number of carbonyl (C=O) groups is 1. The fourth-order valence-electron chi connectivity index (χ4n) is 1.75. The van der Waals surface area contributed by atoms with Crippen molar-refractivity contribution < 1.29 is 19.1 Å². The molecule has 6 nitrogen and oxygen atoms in total. The van der Waals surface area contributed by atoms with Crippen molar-refractivity contribution in [1.29, 1.82) is 0 Å². The van der Waals surface area contributed by atoms with Gasteiger partial charge in [0.2, 0.25) is 5.89 Å². The standard InChI is InChI=1S/C16H14I2N2O4S/c1-3-5-23-14-10(17)6-9(7-11(14)18)8-12(15(21)22)25-16-20-19-13(4-2)24-16/h3,6-8H,1,4-5H2,2H3,(H,21,22)/b12-8-. The lowest BCUT2D eigenvalue weighted by Crippen LogP contribution is -1.99. The van der Waals surface area contributed by atoms with Crippen LogP contribution in [0.25, 0.3) is 6.08 Å². The molecule has 1 aromatic heterocycles. The van der Waals surface area contributed by atoms with E-state index in [-0.39, 0.29) is 10.1 Å². The lowest BCUT2D eigenvalue weighted by molar-refractivity contribution is -0.131. The summed E-state index contributed by atoms with van der Waals surface area (Å²) < 4.78 is 12.8. The monoisotopic (exact) mass is 584 g/mol. The predicted molar refractivity (Wildman–Crippen MR) is 113 cm³/mol. The van der Waals surface area contributed by atoms with Crippen molar-refractivity contribution in [3.63, 3.8) is 0 Å². The average Bonchev–Trinajstić information content (AvgIpc) is 3.01. The summed E-state index contributed by atoms with van der Waals surface area (Å²) in [5, 5.41) is 17.3. The highest BCUT2D eigenvalue weighted by molar-refractivity contribution is 14.1. The molecule has 0 atom stereocenters. The quantitative estimate of drug-likeness (QED) is 0.210. The number of benzene rings is 1. The van der Waals surface area contributed by atoms with E-state index >= 15 is 0 Å². The molecule has 0 fully saturated rings. The zero-order chi connectivity index (χ0) is 18.4. The number of thioether (sulfide) groups is 1. The maximum atomic E-state index is 11.5. The van der Waals surface area contributed by atoms with Gasteiger partial charge in [-0.15, -0.1) is 10.2 Å². The number of aromatic nitrogens is 2. The highest BCUT2D eigenvalue weighted by atomic mass is 127. The van der Waals surface area contributed by atoms with Crippen LogP contribution in [0, 0.1) is 7.14 Å². The van der Waals surface area contributed by atoms with Crippen molar-refractivity contribution in [3.05, 3.63) is 48.3 Å². The van der Waals surface area contributed by atoms with Crippen molar-refractivity contribution in [1.82, 2.24) is 10.2 Å². The number of hydrogen-bond donors (Lipinski definition) is 1. The highest BCUT2D eigenvalue weighted by Gasteiger charge is 2.16. The Bertz CT molecular complexity index is 797. The van der Waals surface area contributed by atoms with Crippen LogP contribution >= 0.6 is 56.9 Å². The number of ether oxygens (including phenoxy) is 1. The summed E-state index contributed by atoms with van der Waals surface area (Å²) >= 11 is 5.25. The van der Waals surface area contributed by atoms with Crippen molar-refractivity contribution in [2.45, 2.75) is 18.6 Å². The van der Waals surface area contributed by atoms with Gasteiger partial charge in [0.1, 0.15) is 17.3 Å². The van der Waals surface area contributed by atoms with Crippen LogP contribution in [0.5, 0.6) is 5.75 Å². The second kappa shape index (κ2) is 9.57. The topological polar surface area (TPSA) is 85.5 Å². The lowest BCUT2D eigenvalue weighted by Gasteiger charge is -2.10. The summed E-state index contributed by atoms with van der Waals surface area (Å²) in [4.78, 5) is 11.6. The minimum absolute atomic E-state index is 0.0951. The van der Waals surface area contributed by atoms with E-state index in [4.69, 9.17) is 9.15 Å². The fraction of sp³-hybridized carbons (Fsp3) is 0.188. The third-order valence-electron chi connectivity index (χ3n) is 2.82. The van der Waals surface area contributed by atoms with Crippen LogP contribution in [-0.2, 0) is 11.2 Å². The molecule has 0 amide bonds. The van der Waals surface area contributed by atoms with Gasteiger partial charge < -0.3 is 14.3 Å². The van der Waals surface area contributed by atoms with Crippen LogP contribution < -0.4 is 4.74 Å². The normalized spacial score (nSPS) is 11.4. The summed E-state index contributed by atoms with van der Waals surface area (Å²) in [6.45, 7) is 5.93. The molecule has 0 saturated carbocycles. The van der Waals surface area contributed by atoms with Crippen molar-refractivity contribution in [3.8, 4) is 5.75 Å². The van der Waals surface area contributed by atoms with Gasteiger partial charge in [-0.25, -0.2) is 4.79 Å². The van der Waals surface area contributed by atoms with E-state index in [2.05, 4.69) is 62.0 Å². The summed E-state index contributed by atoms with van der Waals surface area (Å²) in [7, 11) is 0. The Labute approximate surface area is 176 Å². The van der Waals surface area contributed by atoms with Gasteiger partial charge in [-0.3, -0.25) is 0 Å². The molecule has 1 aromatic carbocycles. The van der Waals surface area contributed by atoms with Gasteiger partial charge in [0.05, 0.1) is 7.14 Å². The molecule has 0 radical (unpaired) electrons. The Morgan fingerprint density at radius 2 is 2.08 bits per heavy atom. The molecule has 1 heterocycles. The van der Waals surface area contributed by atoms with Crippen molar-refractivity contribution in [2.24, 2.45) is 0 Å². The second-order valence-electron chi connectivity index (χ2n) is 4.64. The third kappa shape index (κ3) is 5.71. The molecule has 9 heteroatoms. The first-order chi connectivity index (χ1) is 11.9. The molecule has 25 heavy (non-hydrogen) atoms. The van der Waals surface area contributed by atoms with Crippen molar-refractivity contribution >= 4 is 69.0 Å². The van der Waals surface area contributed by atoms with Gasteiger partial charge in [0.15, 0.2) is 0 Å². The summed E-state index contributed by atoms with van der Waals surface area (Å²) in [5.41, 5.74) is 0.750. The molecule has 132 valence electrons. The maximum Gasteiger partial charge on any atom is 0.342 e. The third-order valence-corrected chi connectivity index (χ3v) is 5.28. The van der Waals surface area contributed by atoms with Gasteiger partial charge in [0, 0.05) is 6.42 Å². The molecular weight excluding hydrogens is 570 g/mol. The van der Waals surface area contributed by atoms with Gasteiger partial charge in [0.25, 0.3) is 5.22 Å². The van der Waals surface area contributed by atoms with Gasteiger partial charge in [-0.2, -0.15) is 0 Å². The van der Waals surface area contributed by atoms with E-state index in [0.717, 1.165) is 30.2 Å². The molecule has 2 rings (SSSR count). The largest absolute Gasteiger partial charge is 0.487 e. The SMILES string of the molecule is C=CCOc1c(I)cc(/C=C(\Sc2nnc(CC)o2)C(=O)O)cc1I. The minimum atomic E-state index is -1.06. The number of aliphatic carboxylic acids is 1.